The minimum atomic E-state index is -1.88. The van der Waals surface area contributed by atoms with Crippen molar-refractivity contribution in [1.82, 2.24) is 14.5 Å². The van der Waals surface area contributed by atoms with E-state index in [9.17, 15) is 4.21 Å². The summed E-state index contributed by atoms with van der Waals surface area (Å²) in [6.45, 7) is 0. The van der Waals surface area contributed by atoms with Crippen LogP contribution < -0.4 is 0 Å². The highest BCUT2D eigenvalue weighted by atomic mass is 35.5. The van der Waals surface area contributed by atoms with Crippen molar-refractivity contribution in [2.24, 2.45) is 0 Å². The first-order valence-electron chi connectivity index (χ1n) is 6.46. The Morgan fingerprint density at radius 3 is 2.55 bits per heavy atom. The lowest BCUT2D eigenvalue weighted by Crippen LogP contribution is -2.00. The van der Waals surface area contributed by atoms with Crippen LogP contribution in [0, 0.1) is 0 Å². The number of hydrogen-bond donors (Lipinski definition) is 1. The Morgan fingerprint density at radius 1 is 1.14 bits per heavy atom. The molecule has 0 saturated heterocycles. The molecule has 7 heteroatoms. The molecule has 2 heterocycles. The number of hydrogen-bond acceptors (Lipinski definition) is 3. The van der Waals surface area contributed by atoms with Crippen LogP contribution in [-0.4, -0.2) is 23.3 Å². The van der Waals surface area contributed by atoms with Gasteiger partial charge in [-0.05, 0) is 11.6 Å². The zero-order chi connectivity index (χ0) is 15.5. The fourth-order valence-corrected chi connectivity index (χ4v) is 2.84. The number of imidazole rings is 1. The fourth-order valence-electron chi connectivity index (χ4n) is 2.14. The van der Waals surface area contributed by atoms with Crippen molar-refractivity contribution < 1.29 is 8.76 Å². The van der Waals surface area contributed by atoms with Crippen LogP contribution in [0.5, 0.6) is 0 Å². The predicted molar refractivity (Wildman–Crippen MR) is 86.3 cm³/mol. The van der Waals surface area contributed by atoms with Crippen LogP contribution in [0.3, 0.4) is 0 Å². The van der Waals surface area contributed by atoms with Gasteiger partial charge in [0.1, 0.15) is 12.1 Å². The van der Waals surface area contributed by atoms with E-state index in [0.29, 0.717) is 16.5 Å². The van der Waals surface area contributed by atoms with E-state index >= 15 is 0 Å². The van der Waals surface area contributed by atoms with E-state index in [1.165, 1.54) is 0 Å². The number of halogens is 1. The third-order valence-corrected chi connectivity index (χ3v) is 3.97. The van der Waals surface area contributed by atoms with Gasteiger partial charge in [-0.1, -0.05) is 48.0 Å². The molecule has 112 valence electrons. The summed E-state index contributed by atoms with van der Waals surface area (Å²) < 4.78 is 21.5. The van der Waals surface area contributed by atoms with Crippen LogP contribution >= 0.6 is 11.6 Å². The summed E-state index contributed by atoms with van der Waals surface area (Å²) in [6, 6.07) is 13.2. The molecule has 1 aromatic carbocycles. The van der Waals surface area contributed by atoms with E-state index in [4.69, 9.17) is 16.2 Å². The number of nitrogens with zero attached hydrogens (tertiary/aromatic N) is 3. The topological polar surface area (TPSA) is 68.0 Å². The molecule has 0 bridgehead atoms. The summed E-state index contributed by atoms with van der Waals surface area (Å²) in [4.78, 5) is 8.46. The SMILES string of the molecule is O=S(O)Cc1ccc(-n2cnc(Cl)c2-c2ccccc2)nc1. The van der Waals surface area contributed by atoms with Crippen molar-refractivity contribution in [3.8, 4) is 17.1 Å². The van der Waals surface area contributed by atoms with Crippen molar-refractivity contribution in [3.05, 3.63) is 65.7 Å². The molecule has 0 spiro atoms. The molecule has 3 rings (SSSR count). The summed E-state index contributed by atoms with van der Waals surface area (Å²) in [7, 11) is 0. The molecular weight excluding hydrogens is 322 g/mol. The highest BCUT2D eigenvalue weighted by molar-refractivity contribution is 7.78. The largest absolute Gasteiger partial charge is 0.306 e. The lowest BCUT2D eigenvalue weighted by Gasteiger charge is -2.08. The summed E-state index contributed by atoms with van der Waals surface area (Å²) >= 11 is 4.32. The third kappa shape index (κ3) is 3.09. The van der Waals surface area contributed by atoms with Crippen LogP contribution in [0.2, 0.25) is 5.15 Å². The lowest BCUT2D eigenvalue weighted by atomic mass is 10.1. The van der Waals surface area contributed by atoms with Gasteiger partial charge in [-0.2, -0.15) is 0 Å². The van der Waals surface area contributed by atoms with Gasteiger partial charge in [-0.3, -0.25) is 4.57 Å². The Kier molecular flexibility index (Phi) is 4.33. The molecule has 0 radical (unpaired) electrons. The summed E-state index contributed by atoms with van der Waals surface area (Å²) in [5, 5.41) is 0.397. The number of aromatic nitrogens is 3. The van der Waals surface area contributed by atoms with Gasteiger partial charge >= 0.3 is 0 Å². The van der Waals surface area contributed by atoms with Crippen molar-refractivity contribution in [2.45, 2.75) is 5.75 Å². The van der Waals surface area contributed by atoms with Crippen LogP contribution in [-0.2, 0) is 16.8 Å². The zero-order valence-corrected chi connectivity index (χ0v) is 13.0. The fraction of sp³-hybridized carbons (Fsp3) is 0.0667. The van der Waals surface area contributed by atoms with Crippen LogP contribution in [0.4, 0.5) is 0 Å². The van der Waals surface area contributed by atoms with Gasteiger partial charge < -0.3 is 4.55 Å². The maximum Gasteiger partial charge on any atom is 0.157 e. The van der Waals surface area contributed by atoms with E-state index < -0.39 is 11.1 Å². The molecule has 3 aromatic rings. The Morgan fingerprint density at radius 2 is 1.91 bits per heavy atom. The Labute approximate surface area is 134 Å². The molecule has 0 aliphatic heterocycles. The molecule has 2 aromatic heterocycles. The maximum absolute atomic E-state index is 10.8. The smallest absolute Gasteiger partial charge is 0.157 e. The monoisotopic (exact) mass is 333 g/mol. The Bertz CT molecular complexity index is 803. The minimum absolute atomic E-state index is 0.0590. The molecule has 0 aliphatic rings. The highest BCUT2D eigenvalue weighted by Crippen LogP contribution is 2.28. The average molecular weight is 334 g/mol. The molecule has 22 heavy (non-hydrogen) atoms. The van der Waals surface area contributed by atoms with E-state index in [0.717, 1.165) is 11.3 Å². The van der Waals surface area contributed by atoms with Crippen LogP contribution in [0.15, 0.2) is 55.0 Å². The second-order valence-electron chi connectivity index (χ2n) is 4.61. The van der Waals surface area contributed by atoms with Crippen LogP contribution in [0.25, 0.3) is 17.1 Å². The standard InChI is InChI=1S/C15H12ClN3O2S/c16-15-14(12-4-2-1-3-5-12)19(10-18-15)13-7-6-11(8-17-13)9-22(20)21/h1-8,10H,9H2,(H,20,21). The summed E-state index contributed by atoms with van der Waals surface area (Å²) in [5.41, 5.74) is 2.39. The van der Waals surface area contributed by atoms with Gasteiger partial charge in [0.05, 0.1) is 11.4 Å². The zero-order valence-electron chi connectivity index (χ0n) is 11.4. The molecule has 1 unspecified atom stereocenters. The second-order valence-corrected chi connectivity index (χ2v) is 5.90. The first-order chi connectivity index (χ1) is 10.6. The normalized spacial score (nSPS) is 12.3. The third-order valence-electron chi connectivity index (χ3n) is 3.12. The minimum Gasteiger partial charge on any atom is -0.306 e. The van der Waals surface area contributed by atoms with Crippen molar-refractivity contribution in [3.63, 3.8) is 0 Å². The molecule has 0 aliphatic carbocycles. The highest BCUT2D eigenvalue weighted by Gasteiger charge is 2.13. The van der Waals surface area contributed by atoms with Crippen molar-refractivity contribution >= 4 is 22.7 Å². The molecule has 0 fully saturated rings. The van der Waals surface area contributed by atoms with Gasteiger partial charge in [0, 0.05) is 11.8 Å². The van der Waals surface area contributed by atoms with E-state index in [-0.39, 0.29) is 5.75 Å². The van der Waals surface area contributed by atoms with Gasteiger partial charge in [0.2, 0.25) is 0 Å². The first kappa shape index (κ1) is 14.9. The number of benzene rings is 1. The quantitative estimate of drug-likeness (QED) is 0.744. The van der Waals surface area contributed by atoms with Crippen molar-refractivity contribution in [1.29, 1.82) is 0 Å². The van der Waals surface area contributed by atoms with Crippen LogP contribution in [0.1, 0.15) is 5.56 Å². The molecule has 1 atom stereocenters. The molecule has 5 nitrogen and oxygen atoms in total. The lowest BCUT2D eigenvalue weighted by molar-refractivity contribution is 0.563. The van der Waals surface area contributed by atoms with E-state index in [1.807, 2.05) is 30.3 Å². The Balaban J connectivity index is 2.01. The van der Waals surface area contributed by atoms with Gasteiger partial charge in [-0.15, -0.1) is 0 Å². The predicted octanol–water partition coefficient (Wildman–Crippen LogP) is 3.31. The van der Waals surface area contributed by atoms with E-state index in [1.54, 1.807) is 29.2 Å². The van der Waals surface area contributed by atoms with Crippen molar-refractivity contribution in [2.75, 3.05) is 0 Å². The van der Waals surface area contributed by atoms with Gasteiger partial charge in [-0.25, -0.2) is 14.2 Å². The molecular formula is C15H12ClN3O2S. The maximum atomic E-state index is 10.8. The number of rotatable bonds is 4. The first-order valence-corrected chi connectivity index (χ1v) is 8.11. The Hall–Kier alpha value is -2.02. The summed E-state index contributed by atoms with van der Waals surface area (Å²) in [6.07, 6.45) is 3.18. The molecule has 1 N–H and O–H groups in total. The van der Waals surface area contributed by atoms with E-state index in [2.05, 4.69) is 9.97 Å². The molecule has 0 saturated carbocycles. The second kappa shape index (κ2) is 6.39. The van der Waals surface area contributed by atoms with Gasteiger partial charge in [0.25, 0.3) is 0 Å². The molecule has 0 amide bonds. The average Bonchev–Trinajstić information content (AvgIpc) is 2.90. The number of pyridine rings is 1. The van der Waals surface area contributed by atoms with Gasteiger partial charge in [0.15, 0.2) is 16.2 Å². The summed E-state index contributed by atoms with van der Waals surface area (Å²) in [5.74, 6) is 0.703.